The van der Waals surface area contributed by atoms with Gasteiger partial charge in [0.1, 0.15) is 5.82 Å². The molecule has 1 aromatic carbocycles. The monoisotopic (exact) mass is 308 g/mol. The van der Waals surface area contributed by atoms with Crippen molar-refractivity contribution >= 4 is 29.0 Å². The van der Waals surface area contributed by atoms with Gasteiger partial charge in [-0.05, 0) is 13.0 Å². The molecule has 0 atom stereocenters. The number of hydrogen-bond donors (Lipinski definition) is 2. The summed E-state index contributed by atoms with van der Waals surface area (Å²) in [6.07, 6.45) is 0. The summed E-state index contributed by atoms with van der Waals surface area (Å²) < 4.78 is 0. The van der Waals surface area contributed by atoms with Gasteiger partial charge in [0, 0.05) is 34.5 Å². The molecule has 0 saturated carbocycles. The Morgan fingerprint density at radius 2 is 2.10 bits per heavy atom. The van der Waals surface area contributed by atoms with Crippen LogP contribution in [0.5, 0.6) is 0 Å². The first-order valence-electron chi connectivity index (χ1n) is 5.69. The number of H-pyrrole nitrogens is 1. The summed E-state index contributed by atoms with van der Waals surface area (Å²) in [5.74, 6) is -0.609. The van der Waals surface area contributed by atoms with Crippen LogP contribution in [-0.4, -0.2) is 20.8 Å². The van der Waals surface area contributed by atoms with Crippen LogP contribution in [0.1, 0.15) is 16.1 Å². The molecule has 0 spiro atoms. The van der Waals surface area contributed by atoms with Crippen molar-refractivity contribution in [2.75, 3.05) is 5.32 Å². The smallest absolute Gasteiger partial charge is 0.310 e. The number of hydrogen-bond acceptors (Lipinski definition) is 5. The molecule has 0 aliphatic heterocycles. The topological polar surface area (TPSA) is 118 Å². The van der Waals surface area contributed by atoms with Crippen molar-refractivity contribution in [2.24, 2.45) is 0 Å². The minimum atomic E-state index is -0.655. The first-order chi connectivity index (χ1) is 9.85. The molecule has 2 aromatic rings. The van der Waals surface area contributed by atoms with Crippen molar-refractivity contribution in [1.29, 1.82) is 0 Å². The standard InChI is InChI=1S/C12H9ClN4O4/c1-6-2-10(16-12(19)14-6)15-11(18)7-3-8(13)5-9(4-7)17(20)21/h2-5H,1H3,(H2,14,15,16,18,19). The average molecular weight is 309 g/mol. The van der Waals surface area contributed by atoms with Gasteiger partial charge in [-0.1, -0.05) is 11.6 Å². The van der Waals surface area contributed by atoms with Gasteiger partial charge in [-0.25, -0.2) is 4.79 Å². The highest BCUT2D eigenvalue weighted by molar-refractivity contribution is 6.31. The number of aromatic nitrogens is 2. The third kappa shape index (κ3) is 3.63. The Bertz CT molecular complexity index is 787. The molecule has 9 heteroatoms. The van der Waals surface area contributed by atoms with Crippen molar-refractivity contribution in [3.8, 4) is 0 Å². The SMILES string of the molecule is Cc1cc(NC(=O)c2cc(Cl)cc([N+](=O)[O-])c2)nc(=O)[nH]1. The van der Waals surface area contributed by atoms with Gasteiger partial charge >= 0.3 is 5.69 Å². The second-order valence-corrected chi connectivity index (χ2v) is 4.60. The fraction of sp³-hybridized carbons (Fsp3) is 0.0833. The van der Waals surface area contributed by atoms with Crippen molar-refractivity contribution < 1.29 is 9.72 Å². The quantitative estimate of drug-likeness (QED) is 0.663. The number of aromatic amines is 1. The number of nitro groups is 1. The number of rotatable bonds is 3. The number of amides is 1. The largest absolute Gasteiger partial charge is 0.347 e. The molecule has 0 unspecified atom stereocenters. The average Bonchev–Trinajstić information content (AvgIpc) is 2.36. The third-order valence-corrected chi connectivity index (χ3v) is 2.69. The van der Waals surface area contributed by atoms with Gasteiger partial charge in [0.2, 0.25) is 0 Å². The molecule has 8 nitrogen and oxygen atoms in total. The van der Waals surface area contributed by atoms with Gasteiger partial charge < -0.3 is 10.3 Å². The molecule has 0 saturated heterocycles. The van der Waals surface area contributed by atoms with Gasteiger partial charge in [0.15, 0.2) is 0 Å². The van der Waals surface area contributed by atoms with E-state index in [1.54, 1.807) is 6.92 Å². The molecule has 0 aliphatic rings. The number of aryl methyl sites for hydroxylation is 1. The Morgan fingerprint density at radius 1 is 1.38 bits per heavy atom. The highest BCUT2D eigenvalue weighted by atomic mass is 35.5. The number of anilines is 1. The van der Waals surface area contributed by atoms with Crippen LogP contribution in [0.3, 0.4) is 0 Å². The Kier molecular flexibility index (Phi) is 3.99. The van der Waals surface area contributed by atoms with Crippen molar-refractivity contribution in [3.63, 3.8) is 0 Å². The zero-order chi connectivity index (χ0) is 15.6. The number of halogens is 1. The van der Waals surface area contributed by atoms with E-state index in [1.165, 1.54) is 12.1 Å². The molecule has 0 fully saturated rings. The summed E-state index contributed by atoms with van der Waals surface area (Å²) >= 11 is 5.74. The van der Waals surface area contributed by atoms with Crippen LogP contribution in [0.2, 0.25) is 5.02 Å². The Morgan fingerprint density at radius 3 is 2.71 bits per heavy atom. The molecule has 2 rings (SSSR count). The maximum atomic E-state index is 12.0. The number of benzene rings is 1. The minimum Gasteiger partial charge on any atom is -0.310 e. The molecule has 0 radical (unpaired) electrons. The zero-order valence-electron chi connectivity index (χ0n) is 10.7. The number of nitrogens with one attached hydrogen (secondary N) is 2. The van der Waals surface area contributed by atoms with Gasteiger partial charge in [0.25, 0.3) is 11.6 Å². The summed E-state index contributed by atoms with van der Waals surface area (Å²) in [7, 11) is 0. The van der Waals surface area contributed by atoms with E-state index in [9.17, 15) is 19.7 Å². The van der Waals surface area contributed by atoms with Crippen molar-refractivity contribution in [3.05, 3.63) is 61.1 Å². The van der Waals surface area contributed by atoms with E-state index in [1.807, 2.05) is 0 Å². The van der Waals surface area contributed by atoms with Crippen LogP contribution in [0.4, 0.5) is 11.5 Å². The predicted molar refractivity (Wildman–Crippen MR) is 75.7 cm³/mol. The van der Waals surface area contributed by atoms with E-state index in [-0.39, 0.29) is 22.1 Å². The molecule has 1 heterocycles. The first-order valence-corrected chi connectivity index (χ1v) is 6.07. The third-order valence-electron chi connectivity index (χ3n) is 2.48. The molecule has 1 aromatic heterocycles. The normalized spacial score (nSPS) is 10.2. The van der Waals surface area contributed by atoms with Gasteiger partial charge in [-0.3, -0.25) is 14.9 Å². The summed E-state index contributed by atoms with van der Waals surface area (Å²) in [6.45, 7) is 1.63. The van der Waals surface area contributed by atoms with E-state index in [0.717, 1.165) is 12.1 Å². The van der Waals surface area contributed by atoms with Crippen molar-refractivity contribution in [1.82, 2.24) is 9.97 Å². The van der Waals surface area contributed by atoms with E-state index in [4.69, 9.17) is 11.6 Å². The predicted octanol–water partition coefficient (Wildman–Crippen LogP) is 1.89. The fourth-order valence-corrected chi connectivity index (χ4v) is 1.87. The Balaban J connectivity index is 2.32. The summed E-state index contributed by atoms with van der Waals surface area (Å²) in [5, 5.41) is 13.2. The summed E-state index contributed by atoms with van der Waals surface area (Å²) in [5.41, 5.74) is -0.401. The lowest BCUT2D eigenvalue weighted by molar-refractivity contribution is -0.384. The first kappa shape index (κ1) is 14.7. The fourth-order valence-electron chi connectivity index (χ4n) is 1.64. The Labute approximate surface area is 122 Å². The number of carbonyl (C=O) groups is 1. The van der Waals surface area contributed by atoms with E-state index in [0.29, 0.717) is 5.69 Å². The molecular formula is C12H9ClN4O4. The summed E-state index contributed by atoms with van der Waals surface area (Å²) in [6, 6.07) is 4.96. The number of carbonyl (C=O) groups excluding carboxylic acids is 1. The van der Waals surface area contributed by atoms with Gasteiger partial charge in [-0.2, -0.15) is 4.98 Å². The minimum absolute atomic E-state index is 0.00562. The molecule has 0 aliphatic carbocycles. The maximum absolute atomic E-state index is 12.0. The molecule has 2 N–H and O–H groups in total. The lowest BCUT2D eigenvalue weighted by atomic mass is 10.2. The molecule has 108 valence electrons. The van der Waals surface area contributed by atoms with Crippen LogP contribution in [-0.2, 0) is 0 Å². The zero-order valence-corrected chi connectivity index (χ0v) is 11.5. The highest BCUT2D eigenvalue weighted by Crippen LogP contribution is 2.21. The number of non-ortho nitro benzene ring substituents is 1. The van der Waals surface area contributed by atoms with Gasteiger partial charge in [-0.15, -0.1) is 0 Å². The second-order valence-electron chi connectivity index (χ2n) is 4.16. The van der Waals surface area contributed by atoms with E-state index >= 15 is 0 Å². The van der Waals surface area contributed by atoms with Crippen LogP contribution in [0.25, 0.3) is 0 Å². The molecule has 0 bridgehead atoms. The maximum Gasteiger partial charge on any atom is 0.347 e. The van der Waals surface area contributed by atoms with Crippen LogP contribution < -0.4 is 11.0 Å². The molecular weight excluding hydrogens is 300 g/mol. The van der Waals surface area contributed by atoms with Gasteiger partial charge in [0.05, 0.1) is 4.92 Å². The van der Waals surface area contributed by atoms with Crippen LogP contribution >= 0.6 is 11.6 Å². The van der Waals surface area contributed by atoms with Crippen LogP contribution in [0.15, 0.2) is 29.1 Å². The molecule has 1 amide bonds. The van der Waals surface area contributed by atoms with Crippen LogP contribution in [0, 0.1) is 17.0 Å². The second kappa shape index (κ2) is 5.71. The number of nitro benzene ring substituents is 1. The van der Waals surface area contributed by atoms with Crippen molar-refractivity contribution in [2.45, 2.75) is 6.92 Å². The lowest BCUT2D eigenvalue weighted by Crippen LogP contribution is -2.19. The molecule has 21 heavy (non-hydrogen) atoms. The lowest BCUT2D eigenvalue weighted by Gasteiger charge is -2.05. The Hall–Kier alpha value is -2.74. The van der Waals surface area contributed by atoms with E-state index in [2.05, 4.69) is 15.3 Å². The number of nitrogens with zero attached hydrogens (tertiary/aromatic N) is 2. The highest BCUT2D eigenvalue weighted by Gasteiger charge is 2.14. The summed E-state index contributed by atoms with van der Waals surface area (Å²) in [4.78, 5) is 39.3. The van der Waals surface area contributed by atoms with E-state index < -0.39 is 16.5 Å².